The first kappa shape index (κ1) is 93.3. The molecule has 141 heavy (non-hydrogen) atoms. The molecule has 18 aromatic heterocycles. The third-order valence-electron chi connectivity index (χ3n) is 24.6. The number of rotatable bonds is 17. The number of fused-ring (bicyclic) bond motifs is 5. The van der Waals surface area contributed by atoms with E-state index in [1.807, 2.05) is 103 Å². The van der Waals surface area contributed by atoms with Crippen LogP contribution in [0.5, 0.6) is 0 Å². The highest BCUT2D eigenvalue weighted by atomic mass is 35.5. The molecule has 5 unspecified atom stereocenters. The highest BCUT2D eigenvalue weighted by molar-refractivity contribution is 7.88. The number of ether oxygens (including phenoxy) is 3. The summed E-state index contributed by atoms with van der Waals surface area (Å²) in [6.07, 6.45) is 42.1. The van der Waals surface area contributed by atoms with Crippen LogP contribution in [-0.4, -0.2) is 284 Å². The van der Waals surface area contributed by atoms with Crippen LogP contribution >= 0.6 is 23.2 Å². The maximum Gasteiger partial charge on any atom is 0.434 e. The van der Waals surface area contributed by atoms with Crippen LogP contribution in [0.1, 0.15) is 79.0 Å². The van der Waals surface area contributed by atoms with Gasteiger partial charge in [0.15, 0.2) is 57.2 Å². The highest BCUT2D eigenvalue weighted by Crippen LogP contribution is 2.42. The zero-order valence-corrected chi connectivity index (χ0v) is 77.8. The third kappa shape index (κ3) is 21.0. The normalized spacial score (nSPS) is 18.4. The van der Waals surface area contributed by atoms with Crippen molar-refractivity contribution in [3.8, 4) is 57.5 Å². The van der Waals surface area contributed by atoms with E-state index in [1.54, 1.807) is 109 Å². The Hall–Kier alpha value is -15.3. The molecule has 0 bridgehead atoms. The van der Waals surface area contributed by atoms with E-state index in [-0.39, 0.29) is 60.5 Å². The number of nitrogens with zero attached hydrogens (tertiary/aromatic N) is 33. The molecular formula is C90H88Cl2F5N37O6S. The molecule has 51 heteroatoms. The number of amides is 1. The van der Waals surface area contributed by atoms with Gasteiger partial charge in [0.1, 0.15) is 80.5 Å². The van der Waals surface area contributed by atoms with E-state index in [2.05, 4.69) is 136 Å². The Morgan fingerprint density at radius 2 is 0.887 bits per heavy atom. The van der Waals surface area contributed by atoms with Gasteiger partial charge in [-0.25, -0.2) is 107 Å². The fourth-order valence-electron chi connectivity index (χ4n) is 17.0. The molecular weight excluding hydrogens is 1890 g/mol. The van der Waals surface area contributed by atoms with Crippen molar-refractivity contribution < 1.29 is 49.4 Å². The molecule has 0 aromatic carbocycles. The van der Waals surface area contributed by atoms with Gasteiger partial charge < -0.3 is 43.6 Å². The smallest absolute Gasteiger partial charge is 0.370 e. The summed E-state index contributed by atoms with van der Waals surface area (Å²) in [5.41, 5.74) is 10.6. The first-order chi connectivity index (χ1) is 68.4. The number of piperazine rings is 1. The Bertz CT molecular complexity index is 7560. The van der Waals surface area contributed by atoms with E-state index in [1.165, 1.54) is 36.6 Å². The molecule has 0 radical (unpaired) electrons. The van der Waals surface area contributed by atoms with Crippen molar-refractivity contribution >= 4 is 96.5 Å². The predicted molar refractivity (Wildman–Crippen MR) is 505 cm³/mol. The molecule has 724 valence electrons. The average molecular weight is 1980 g/mol. The summed E-state index contributed by atoms with van der Waals surface area (Å²) >= 11 is 12.0. The summed E-state index contributed by atoms with van der Waals surface area (Å²) in [6, 6.07) is 13.2. The maximum absolute atomic E-state index is 14.7. The Kier molecular flexibility index (Phi) is 26.6. The number of carbonyl (C=O) groups is 1. The summed E-state index contributed by atoms with van der Waals surface area (Å²) in [7, 11) is -3.59. The van der Waals surface area contributed by atoms with Gasteiger partial charge in [-0.05, 0) is 49.2 Å². The van der Waals surface area contributed by atoms with Crippen molar-refractivity contribution in [1.29, 1.82) is 0 Å². The lowest BCUT2D eigenvalue weighted by Gasteiger charge is -2.43. The van der Waals surface area contributed by atoms with Crippen molar-refractivity contribution in [2.75, 3.05) is 136 Å². The molecule has 24 rings (SSSR count). The van der Waals surface area contributed by atoms with Gasteiger partial charge >= 0.3 is 6.18 Å². The van der Waals surface area contributed by atoms with Gasteiger partial charge in [0, 0.05) is 201 Å². The van der Waals surface area contributed by atoms with Crippen molar-refractivity contribution in [2.45, 2.75) is 63.0 Å². The van der Waals surface area contributed by atoms with Crippen LogP contribution in [0.2, 0.25) is 10.3 Å². The van der Waals surface area contributed by atoms with Crippen molar-refractivity contribution in [1.82, 2.24) is 157 Å². The number of imidazole rings is 5. The Morgan fingerprint density at radius 1 is 0.461 bits per heavy atom. The summed E-state index contributed by atoms with van der Waals surface area (Å²) in [5, 5.41) is 21.1. The van der Waals surface area contributed by atoms with Crippen LogP contribution in [0.25, 0.3) is 85.7 Å². The number of aromatic nitrogens is 30. The Labute approximate surface area is 808 Å². The monoisotopic (exact) mass is 1980 g/mol. The summed E-state index contributed by atoms with van der Waals surface area (Å²) in [6.45, 7) is 11.7. The molecule has 43 nitrogen and oxygen atoms in total. The zero-order valence-electron chi connectivity index (χ0n) is 75.5. The minimum Gasteiger partial charge on any atom is -0.370 e. The van der Waals surface area contributed by atoms with Crippen LogP contribution in [-0.2, 0) is 35.2 Å². The van der Waals surface area contributed by atoms with E-state index < -0.39 is 39.7 Å². The number of carbonyl (C=O) groups excluding carboxylic acids is 1. The fraction of sp³-hybridized carbons (Fsp3) is 0.322. The molecule has 5 saturated heterocycles. The molecule has 1 aliphatic carbocycles. The summed E-state index contributed by atoms with van der Waals surface area (Å²) in [5.74, 6) is 1.13. The number of pyridine rings is 1. The summed E-state index contributed by atoms with van der Waals surface area (Å²) in [4.78, 5) is 106. The molecule has 5 atom stereocenters. The van der Waals surface area contributed by atoms with Gasteiger partial charge in [-0.15, -0.1) is 0 Å². The van der Waals surface area contributed by atoms with Gasteiger partial charge in [0.2, 0.25) is 15.9 Å². The topological polar surface area (TPSA) is 463 Å². The number of hydrogen-bond acceptors (Lipinski definition) is 33. The Balaban J connectivity index is 0.000000108. The van der Waals surface area contributed by atoms with E-state index in [9.17, 15) is 35.2 Å². The summed E-state index contributed by atoms with van der Waals surface area (Å²) < 4.78 is 120. The lowest BCUT2D eigenvalue weighted by molar-refractivity contribution is -0.141. The molecule has 4 N–H and O–H groups in total. The van der Waals surface area contributed by atoms with Crippen molar-refractivity contribution in [3.05, 3.63) is 242 Å². The zero-order chi connectivity index (χ0) is 97.0. The van der Waals surface area contributed by atoms with E-state index in [0.717, 1.165) is 138 Å². The van der Waals surface area contributed by atoms with Crippen molar-refractivity contribution in [3.63, 3.8) is 0 Å². The minimum absolute atomic E-state index is 0.0242. The molecule has 1 saturated carbocycles. The van der Waals surface area contributed by atoms with Gasteiger partial charge in [0.05, 0.1) is 130 Å². The molecule has 6 fully saturated rings. The molecule has 1 amide bonds. The van der Waals surface area contributed by atoms with Gasteiger partial charge in [-0.3, -0.25) is 52.1 Å². The molecule has 0 spiro atoms. The van der Waals surface area contributed by atoms with Crippen LogP contribution in [0.3, 0.4) is 0 Å². The second-order valence-corrected chi connectivity index (χ2v) is 36.5. The predicted octanol–water partition coefficient (Wildman–Crippen LogP) is 10.6. The maximum atomic E-state index is 14.7. The van der Waals surface area contributed by atoms with Gasteiger partial charge in [-0.2, -0.15) is 28.5 Å². The largest absolute Gasteiger partial charge is 0.434 e. The number of H-pyrrole nitrogens is 3. The number of alkyl halides is 5. The minimum atomic E-state index is -4.56. The van der Waals surface area contributed by atoms with E-state index in [4.69, 9.17) is 52.4 Å². The average Bonchev–Trinajstić information content (AvgIpc) is 1.66. The first-order valence-electron chi connectivity index (χ1n) is 44.8. The van der Waals surface area contributed by atoms with Crippen LogP contribution < -0.4 is 29.2 Å². The molecule has 23 heterocycles. The lowest BCUT2D eigenvalue weighted by Crippen LogP contribution is -2.56. The second kappa shape index (κ2) is 40.3. The number of hydrogen-bond donors (Lipinski definition) is 4. The molecule has 5 aliphatic heterocycles. The number of anilines is 5. The Morgan fingerprint density at radius 3 is 1.33 bits per heavy atom. The lowest BCUT2D eigenvalue weighted by atomic mass is 9.86. The number of morpholine rings is 3. The number of sulfonamides is 1. The van der Waals surface area contributed by atoms with Gasteiger partial charge in [-0.1, -0.05) is 36.2 Å². The second-order valence-electron chi connectivity index (χ2n) is 33.8. The first-order valence-corrected chi connectivity index (χ1v) is 47.5. The van der Waals surface area contributed by atoms with Crippen molar-refractivity contribution in [2.24, 2.45) is 11.8 Å². The molecule has 18 aromatic rings. The number of aromatic amines is 3. The van der Waals surface area contributed by atoms with Crippen LogP contribution in [0.4, 0.5) is 51.0 Å². The third-order valence-corrected chi connectivity index (χ3v) is 25.6. The quantitative estimate of drug-likeness (QED) is 0.0615. The number of piperidine rings is 1. The van der Waals surface area contributed by atoms with E-state index in [0.29, 0.717) is 102 Å². The number of nitrogens with one attached hydrogen (secondary N) is 4. The van der Waals surface area contributed by atoms with Crippen LogP contribution in [0.15, 0.2) is 204 Å². The van der Waals surface area contributed by atoms with Gasteiger partial charge in [0.25, 0.3) is 5.92 Å². The van der Waals surface area contributed by atoms with Crippen LogP contribution in [0, 0.1) is 11.8 Å². The SMILES string of the molecule is CC(=O)N1CCN(c2cccc(-c3cnc4cnccn34)n2)CC1.CC1CN(c2ccnc(-c3cnc4cnc(Cl)cn34)n2)CC(CNS(C)(=O)=O)C1(F)F.Clc1cn2c(-c3nccc(N4CCOC(c5cn[nH]c5)C4)n3)cnc2cn1.FC(F)(F)c1cn2c(-c3nccc(N4CCOC(c5cn[nH]c5)C4)n3)cnc2cn1.c1cc(N2CCOC(c3cn[nH]c3)C2)nc(-c2cnc3cnc(C4CC4)cn23)n1. The van der Waals surface area contributed by atoms with E-state index >= 15 is 0 Å². The number of halogens is 7. The standard InChI is InChI=1S/C20H20N8O.C18H20ClF2N7O2S.C18H15F3N8O.C17H15ClN8O.C17H18N6O/c1-2-13(1)15-11-28-16(9-23-19(28)10-22-15)20-21-4-3-18(26-20)27-5-6-29-17(12-27)14-7-24-25-8-14;1-11-8-27(9-12(18(11,20)21)5-25-31(2,29)30)15-3-4-22-17(26-15)13-6-24-16-7-23-14(19)10-28(13)16;19-18(20,21)14-10-29-12(7-24-16(29)8-23-14)17-22-2-1-15(27-17)28-3-4-30-13(9-28)11-5-25-26-6-11;18-14-10-26-12(7-21-16(26)8-20-14)17-19-2-1-15(24-17)25-3-4-27-13(9-25)11-5-22-23-6-11;1-13(24)21-7-9-22(10-8-21)16-4-2-3-14(20-16)15-11-19-17-12-18-5-6-23(15)17/h3-4,7-11,13,17H,1-2,5-6,12H2,(H,24,25);3-4,6-7,10-12,25H,5,8-9H2,1-2H3;1-2,5-8,10,13H,3-4,9H2,(H,25,26);1-2,5-8,10,13H,3-4,9H2,(H,22,23);2-6,11-12H,7-10H2,1H3. The fourth-order valence-corrected chi connectivity index (χ4v) is 17.8. The highest BCUT2D eigenvalue weighted by Gasteiger charge is 2.50. The molecule has 6 aliphatic rings.